The molecule has 1 saturated heterocycles. The van der Waals surface area contributed by atoms with Crippen molar-refractivity contribution in [1.29, 1.82) is 0 Å². The van der Waals surface area contributed by atoms with Gasteiger partial charge in [-0.3, -0.25) is 9.59 Å². The first-order chi connectivity index (χ1) is 17.3. The van der Waals surface area contributed by atoms with E-state index in [-0.39, 0.29) is 34.9 Å². The fourth-order valence-electron chi connectivity index (χ4n) is 5.21. The molecular weight excluding hydrogens is 500 g/mol. The summed E-state index contributed by atoms with van der Waals surface area (Å²) in [5, 5.41) is 2.24. The van der Waals surface area contributed by atoms with Crippen LogP contribution in [-0.4, -0.2) is 71.0 Å². The summed E-state index contributed by atoms with van der Waals surface area (Å²) in [5.41, 5.74) is 1.51. The molecule has 2 aromatic carbocycles. The number of sulfone groups is 1. The van der Waals surface area contributed by atoms with Gasteiger partial charge in [0.1, 0.15) is 5.69 Å². The average molecular weight is 529 g/mol. The molecule has 3 heterocycles. The number of piperidine rings is 1. The van der Waals surface area contributed by atoms with E-state index in [0.29, 0.717) is 49.6 Å². The van der Waals surface area contributed by atoms with Gasteiger partial charge in [0.2, 0.25) is 5.91 Å². The monoisotopic (exact) mass is 528 g/mol. The number of carbonyl (C=O) groups is 2. The summed E-state index contributed by atoms with van der Waals surface area (Å²) < 4.78 is 27.7. The Hall–Kier alpha value is -2.91. The van der Waals surface area contributed by atoms with Gasteiger partial charge >= 0.3 is 0 Å². The predicted molar refractivity (Wildman–Crippen MR) is 138 cm³/mol. The second-order valence-corrected chi connectivity index (χ2v) is 12.0. The molecule has 2 amide bonds. The van der Waals surface area contributed by atoms with Crippen molar-refractivity contribution in [3.05, 3.63) is 59.1 Å². The van der Waals surface area contributed by atoms with Crippen molar-refractivity contribution in [2.75, 3.05) is 25.4 Å². The highest BCUT2D eigenvalue weighted by molar-refractivity contribution is 7.91. The lowest BCUT2D eigenvalue weighted by Crippen LogP contribution is -2.52. The lowest BCUT2D eigenvalue weighted by atomic mass is 10.0. The van der Waals surface area contributed by atoms with Crippen molar-refractivity contribution in [3.63, 3.8) is 0 Å². The summed E-state index contributed by atoms with van der Waals surface area (Å²) in [6, 6.07) is 10.3. The van der Waals surface area contributed by atoms with Crippen molar-refractivity contribution in [2.24, 2.45) is 0 Å². The third kappa shape index (κ3) is 4.74. The first kappa shape index (κ1) is 24.8. The van der Waals surface area contributed by atoms with Crippen LogP contribution < -0.4 is 0 Å². The smallest absolute Gasteiger partial charge is 0.272 e. The minimum atomic E-state index is -3.60. The molecule has 0 unspecified atom stereocenters. The molecule has 190 valence electrons. The van der Waals surface area contributed by atoms with E-state index in [9.17, 15) is 18.0 Å². The topological polar surface area (TPSA) is 92.6 Å². The molecule has 5 rings (SSSR count). The summed E-state index contributed by atoms with van der Waals surface area (Å²) in [6.07, 6.45) is 3.77. The Balaban J connectivity index is 1.17. The van der Waals surface area contributed by atoms with Crippen LogP contribution in [0.5, 0.6) is 0 Å². The molecule has 8 nitrogen and oxygen atoms in total. The lowest BCUT2D eigenvalue weighted by Gasteiger charge is -2.40. The normalized spacial score (nSPS) is 17.0. The van der Waals surface area contributed by atoms with Gasteiger partial charge in [0.05, 0.1) is 22.7 Å². The van der Waals surface area contributed by atoms with Crippen LogP contribution in [0.25, 0.3) is 10.8 Å². The molecule has 36 heavy (non-hydrogen) atoms. The quantitative estimate of drug-likeness (QED) is 0.488. The minimum Gasteiger partial charge on any atom is -0.343 e. The number of rotatable bonds is 6. The number of likely N-dealkylation sites (tertiary alicyclic amines) is 1. The van der Waals surface area contributed by atoms with E-state index < -0.39 is 9.84 Å². The zero-order chi connectivity index (χ0) is 25.4. The van der Waals surface area contributed by atoms with Crippen LogP contribution in [0.4, 0.5) is 0 Å². The third-order valence-electron chi connectivity index (χ3n) is 7.27. The average Bonchev–Trinajstić information content (AvgIpc) is 3.31. The Morgan fingerprint density at radius 2 is 1.78 bits per heavy atom. The van der Waals surface area contributed by atoms with Gasteiger partial charge in [-0.25, -0.2) is 13.4 Å². The van der Waals surface area contributed by atoms with Gasteiger partial charge in [0.15, 0.2) is 9.84 Å². The molecule has 1 aromatic heterocycles. The zero-order valence-electron chi connectivity index (χ0n) is 20.2. The summed E-state index contributed by atoms with van der Waals surface area (Å²) >= 11 is 6.01. The van der Waals surface area contributed by atoms with Crippen LogP contribution in [0.2, 0.25) is 5.02 Å². The number of carbonyl (C=O) groups excluding carboxylic acids is 2. The number of hydrogen-bond donors (Lipinski definition) is 0. The maximum Gasteiger partial charge on any atom is 0.272 e. The number of benzene rings is 2. The van der Waals surface area contributed by atoms with Crippen LogP contribution in [-0.2, 0) is 27.6 Å². The number of nitrogens with zero attached hydrogens (tertiary/aromatic N) is 4. The van der Waals surface area contributed by atoms with Crippen LogP contribution in [0.1, 0.15) is 42.4 Å². The molecule has 3 aromatic rings. The minimum absolute atomic E-state index is 0.0177. The number of aromatic nitrogens is 2. The summed E-state index contributed by atoms with van der Waals surface area (Å²) in [4.78, 5) is 34.2. The van der Waals surface area contributed by atoms with Crippen LogP contribution in [0.15, 0.2) is 47.6 Å². The molecule has 0 aliphatic carbocycles. The van der Waals surface area contributed by atoms with Crippen molar-refractivity contribution in [2.45, 2.75) is 50.1 Å². The summed E-state index contributed by atoms with van der Waals surface area (Å²) in [5.74, 6) is -0.385. The number of imidazole rings is 1. The molecule has 1 fully saturated rings. The molecule has 0 saturated carbocycles. The molecule has 0 spiro atoms. The SMILES string of the molecule is CCc1ncn2c1C(=O)N(C1CCN(C(=O)CCS(=O)(=O)c3ccc4cc(Cl)ccc4c3)CC1)CC2. The fourth-order valence-corrected chi connectivity index (χ4v) is 6.65. The van der Waals surface area contributed by atoms with Crippen molar-refractivity contribution >= 4 is 44.0 Å². The van der Waals surface area contributed by atoms with E-state index in [4.69, 9.17) is 11.6 Å². The Morgan fingerprint density at radius 3 is 2.53 bits per heavy atom. The maximum atomic E-state index is 13.1. The Bertz CT molecular complexity index is 1410. The highest BCUT2D eigenvalue weighted by Crippen LogP contribution is 2.26. The molecule has 0 radical (unpaired) electrons. The van der Waals surface area contributed by atoms with Crippen molar-refractivity contribution in [1.82, 2.24) is 19.4 Å². The molecule has 2 aliphatic heterocycles. The molecule has 0 bridgehead atoms. The fraction of sp³-hybridized carbons (Fsp3) is 0.423. The molecule has 10 heteroatoms. The summed E-state index contributed by atoms with van der Waals surface area (Å²) in [6.45, 7) is 4.40. The highest BCUT2D eigenvalue weighted by Gasteiger charge is 2.35. The first-order valence-electron chi connectivity index (χ1n) is 12.3. The lowest BCUT2D eigenvalue weighted by molar-refractivity contribution is -0.132. The second kappa shape index (κ2) is 9.86. The van der Waals surface area contributed by atoms with Crippen LogP contribution >= 0.6 is 11.6 Å². The first-order valence-corrected chi connectivity index (χ1v) is 14.3. The van der Waals surface area contributed by atoms with Crippen LogP contribution in [0, 0.1) is 0 Å². The van der Waals surface area contributed by atoms with Gasteiger partial charge in [-0.2, -0.15) is 0 Å². The Kier molecular flexibility index (Phi) is 6.78. The van der Waals surface area contributed by atoms with Gasteiger partial charge in [-0.05, 0) is 54.3 Å². The van der Waals surface area contributed by atoms with Gasteiger partial charge in [0.25, 0.3) is 5.91 Å². The number of aryl methyl sites for hydroxylation is 1. The molecule has 2 aliphatic rings. The molecule has 0 atom stereocenters. The van der Waals surface area contributed by atoms with E-state index in [0.717, 1.165) is 23.0 Å². The number of hydrogen-bond acceptors (Lipinski definition) is 5. The van der Waals surface area contributed by atoms with E-state index in [1.807, 2.05) is 16.4 Å². The Morgan fingerprint density at radius 1 is 1.06 bits per heavy atom. The van der Waals surface area contributed by atoms with Crippen molar-refractivity contribution in [3.8, 4) is 0 Å². The Labute approximate surface area is 215 Å². The number of amides is 2. The van der Waals surface area contributed by atoms with Gasteiger partial charge in [0, 0.05) is 43.7 Å². The van der Waals surface area contributed by atoms with Gasteiger partial charge < -0.3 is 14.4 Å². The standard InChI is InChI=1S/C26H29ClN4O4S/c1-2-23-25-26(33)31(13-12-30(25)17-28-23)21-7-10-29(11-8-21)24(32)9-14-36(34,35)22-6-4-18-15-20(27)5-3-19(18)16-22/h3-6,15-17,21H,2,7-14H2,1H3. The second-order valence-electron chi connectivity index (χ2n) is 9.42. The molecular formula is C26H29ClN4O4S. The van der Waals surface area contributed by atoms with E-state index in [1.165, 1.54) is 0 Å². The van der Waals surface area contributed by atoms with Gasteiger partial charge in [-0.1, -0.05) is 30.7 Å². The van der Waals surface area contributed by atoms with Crippen LogP contribution in [0.3, 0.4) is 0 Å². The number of halogens is 1. The predicted octanol–water partition coefficient (Wildman–Crippen LogP) is 3.56. The molecule has 0 N–H and O–H groups in total. The largest absolute Gasteiger partial charge is 0.343 e. The zero-order valence-corrected chi connectivity index (χ0v) is 21.8. The van der Waals surface area contributed by atoms with Crippen molar-refractivity contribution < 1.29 is 18.0 Å². The highest BCUT2D eigenvalue weighted by atomic mass is 35.5. The van der Waals surface area contributed by atoms with Gasteiger partial charge in [-0.15, -0.1) is 0 Å². The van der Waals surface area contributed by atoms with E-state index in [1.54, 1.807) is 47.6 Å². The van der Waals surface area contributed by atoms with E-state index in [2.05, 4.69) is 4.98 Å². The number of fused-ring (bicyclic) bond motifs is 2. The maximum absolute atomic E-state index is 13.1. The van der Waals surface area contributed by atoms with E-state index >= 15 is 0 Å². The third-order valence-corrected chi connectivity index (χ3v) is 9.22. The summed E-state index contributed by atoms with van der Waals surface area (Å²) in [7, 11) is -3.60.